The van der Waals surface area contributed by atoms with E-state index in [-0.39, 0.29) is 16.9 Å². The van der Waals surface area contributed by atoms with E-state index < -0.39 is 0 Å². The van der Waals surface area contributed by atoms with Crippen LogP contribution < -0.4 is 11.5 Å². The molecule has 7 heteroatoms. The van der Waals surface area contributed by atoms with Crippen molar-refractivity contribution in [2.75, 3.05) is 11.5 Å². The molecular formula is C19H12ClN5S. The van der Waals surface area contributed by atoms with Gasteiger partial charge in [-0.2, -0.15) is 10.5 Å². The maximum atomic E-state index is 9.77. The summed E-state index contributed by atoms with van der Waals surface area (Å²) in [6, 6.07) is 18.4. The average molecular weight is 378 g/mol. The fourth-order valence-electron chi connectivity index (χ4n) is 2.48. The average Bonchev–Trinajstić information content (AvgIpc) is 2.63. The molecule has 0 spiro atoms. The quantitative estimate of drug-likeness (QED) is 0.651. The molecule has 0 bridgehead atoms. The Morgan fingerprint density at radius 3 is 2.35 bits per heavy atom. The Hall–Kier alpha value is -3.19. The van der Waals surface area contributed by atoms with E-state index in [4.69, 9.17) is 23.1 Å². The molecule has 4 N–H and O–H groups in total. The van der Waals surface area contributed by atoms with Crippen LogP contribution in [0.2, 0.25) is 5.02 Å². The van der Waals surface area contributed by atoms with Gasteiger partial charge in [-0.25, -0.2) is 4.98 Å². The lowest BCUT2D eigenvalue weighted by atomic mass is 9.97. The molecule has 5 nitrogen and oxygen atoms in total. The van der Waals surface area contributed by atoms with Crippen molar-refractivity contribution < 1.29 is 0 Å². The van der Waals surface area contributed by atoms with Crippen LogP contribution in [0.5, 0.6) is 0 Å². The van der Waals surface area contributed by atoms with Gasteiger partial charge in [0, 0.05) is 21.2 Å². The van der Waals surface area contributed by atoms with Crippen LogP contribution in [0.3, 0.4) is 0 Å². The van der Waals surface area contributed by atoms with Gasteiger partial charge in [-0.05, 0) is 29.8 Å². The summed E-state index contributed by atoms with van der Waals surface area (Å²) in [5.41, 5.74) is 14.0. The summed E-state index contributed by atoms with van der Waals surface area (Å²) in [5.74, 6) is 0.0541. The minimum absolute atomic E-state index is 0.0541. The first-order valence-corrected chi connectivity index (χ1v) is 8.66. The van der Waals surface area contributed by atoms with E-state index in [0.29, 0.717) is 26.9 Å². The highest BCUT2D eigenvalue weighted by atomic mass is 35.5. The molecule has 0 aliphatic heterocycles. The maximum absolute atomic E-state index is 9.77. The van der Waals surface area contributed by atoms with Crippen LogP contribution in [0.1, 0.15) is 11.1 Å². The standard InChI is InChI=1S/C19H12ClN5S/c20-12-5-3-4-11(8-12)17-13(9-21)18(24)25-19(14(17)10-22)26-16-7-2-1-6-15(16)23/h1-8H,23H2,(H2,24,25). The lowest BCUT2D eigenvalue weighted by Gasteiger charge is -2.13. The van der Waals surface area contributed by atoms with E-state index in [0.717, 1.165) is 4.90 Å². The largest absolute Gasteiger partial charge is 0.398 e. The van der Waals surface area contributed by atoms with E-state index in [1.807, 2.05) is 24.3 Å². The van der Waals surface area contributed by atoms with Crippen molar-refractivity contribution in [2.24, 2.45) is 0 Å². The van der Waals surface area contributed by atoms with Crippen LogP contribution in [-0.2, 0) is 0 Å². The number of nitrogen functional groups attached to an aromatic ring is 2. The van der Waals surface area contributed by atoms with Gasteiger partial charge in [0.25, 0.3) is 0 Å². The molecule has 126 valence electrons. The van der Waals surface area contributed by atoms with Crippen LogP contribution in [0.25, 0.3) is 11.1 Å². The van der Waals surface area contributed by atoms with E-state index in [2.05, 4.69) is 11.1 Å². The summed E-state index contributed by atoms with van der Waals surface area (Å²) in [6.07, 6.45) is 0. The number of nitriles is 2. The Morgan fingerprint density at radius 2 is 1.69 bits per heavy atom. The maximum Gasteiger partial charge on any atom is 0.143 e. The summed E-state index contributed by atoms with van der Waals surface area (Å²) >= 11 is 7.31. The number of para-hydroxylation sites is 1. The molecule has 0 radical (unpaired) electrons. The first-order chi connectivity index (χ1) is 12.5. The number of anilines is 2. The Balaban J connectivity index is 2.27. The Morgan fingerprint density at radius 1 is 0.962 bits per heavy atom. The number of hydrogen-bond donors (Lipinski definition) is 2. The molecule has 3 rings (SSSR count). The first kappa shape index (κ1) is 17.6. The van der Waals surface area contributed by atoms with Gasteiger partial charge in [-0.1, -0.05) is 47.6 Å². The van der Waals surface area contributed by atoms with Crippen molar-refractivity contribution >= 4 is 34.9 Å². The van der Waals surface area contributed by atoms with E-state index >= 15 is 0 Å². The topological polar surface area (TPSA) is 113 Å². The zero-order chi connectivity index (χ0) is 18.7. The van der Waals surface area contributed by atoms with Crippen molar-refractivity contribution in [3.63, 3.8) is 0 Å². The van der Waals surface area contributed by atoms with Crippen molar-refractivity contribution in [1.29, 1.82) is 10.5 Å². The summed E-state index contributed by atoms with van der Waals surface area (Å²) in [7, 11) is 0. The predicted molar refractivity (Wildman–Crippen MR) is 104 cm³/mol. The molecule has 0 saturated heterocycles. The number of hydrogen-bond acceptors (Lipinski definition) is 6. The number of halogens is 1. The summed E-state index contributed by atoms with van der Waals surface area (Å²) < 4.78 is 0. The third-order valence-corrected chi connectivity index (χ3v) is 4.97. The van der Waals surface area contributed by atoms with Gasteiger partial charge >= 0.3 is 0 Å². The van der Waals surface area contributed by atoms with Crippen LogP contribution >= 0.6 is 23.4 Å². The van der Waals surface area contributed by atoms with Gasteiger partial charge in [-0.15, -0.1) is 0 Å². The normalized spacial score (nSPS) is 10.1. The fourth-order valence-corrected chi connectivity index (χ4v) is 3.61. The number of nitrogens with zero attached hydrogens (tertiary/aromatic N) is 3. The monoisotopic (exact) mass is 377 g/mol. The van der Waals surface area contributed by atoms with Crippen molar-refractivity contribution in [2.45, 2.75) is 9.92 Å². The molecule has 0 aliphatic carbocycles. The van der Waals surface area contributed by atoms with Crippen LogP contribution in [0, 0.1) is 22.7 Å². The fraction of sp³-hybridized carbons (Fsp3) is 0. The van der Waals surface area contributed by atoms with Gasteiger partial charge in [-0.3, -0.25) is 0 Å². The highest BCUT2D eigenvalue weighted by Crippen LogP contribution is 2.39. The van der Waals surface area contributed by atoms with Gasteiger partial charge in [0.1, 0.15) is 28.5 Å². The molecule has 2 aromatic carbocycles. The molecular weight excluding hydrogens is 366 g/mol. The van der Waals surface area contributed by atoms with Gasteiger partial charge in [0.2, 0.25) is 0 Å². The smallest absolute Gasteiger partial charge is 0.143 e. The van der Waals surface area contributed by atoms with Crippen LogP contribution in [-0.4, -0.2) is 4.98 Å². The van der Waals surface area contributed by atoms with Gasteiger partial charge in [0.05, 0.1) is 5.56 Å². The zero-order valence-electron chi connectivity index (χ0n) is 13.4. The Kier molecular flexibility index (Phi) is 4.99. The molecule has 26 heavy (non-hydrogen) atoms. The molecule has 0 atom stereocenters. The third kappa shape index (κ3) is 3.29. The van der Waals surface area contributed by atoms with E-state index in [1.54, 1.807) is 30.3 Å². The molecule has 0 unspecified atom stereocenters. The van der Waals surface area contributed by atoms with Crippen molar-refractivity contribution in [3.8, 4) is 23.3 Å². The molecule has 0 saturated carbocycles. The lowest BCUT2D eigenvalue weighted by molar-refractivity contribution is 1.11. The van der Waals surface area contributed by atoms with Crippen LogP contribution in [0.4, 0.5) is 11.5 Å². The minimum Gasteiger partial charge on any atom is -0.398 e. The van der Waals surface area contributed by atoms with Crippen molar-refractivity contribution in [3.05, 3.63) is 64.7 Å². The third-order valence-electron chi connectivity index (χ3n) is 3.65. The summed E-state index contributed by atoms with van der Waals surface area (Å²) in [4.78, 5) is 5.01. The number of aromatic nitrogens is 1. The molecule has 0 amide bonds. The van der Waals surface area contributed by atoms with Gasteiger partial charge < -0.3 is 11.5 Å². The molecule has 3 aromatic rings. The highest BCUT2D eigenvalue weighted by Gasteiger charge is 2.21. The van der Waals surface area contributed by atoms with Crippen molar-refractivity contribution in [1.82, 2.24) is 4.98 Å². The molecule has 0 fully saturated rings. The second-order valence-electron chi connectivity index (χ2n) is 5.30. The molecule has 1 aromatic heterocycles. The zero-order valence-corrected chi connectivity index (χ0v) is 15.0. The second kappa shape index (κ2) is 7.37. The molecule has 1 heterocycles. The van der Waals surface area contributed by atoms with Gasteiger partial charge in [0.15, 0.2) is 0 Å². The number of rotatable bonds is 3. The number of nitrogens with two attached hydrogens (primary N) is 2. The predicted octanol–water partition coefficient (Wildman–Crippen LogP) is 4.46. The SMILES string of the molecule is N#Cc1c(N)nc(Sc2ccccc2N)c(C#N)c1-c1cccc(Cl)c1. The lowest BCUT2D eigenvalue weighted by Crippen LogP contribution is -2.03. The first-order valence-electron chi connectivity index (χ1n) is 7.47. The Labute approximate surface area is 159 Å². The highest BCUT2D eigenvalue weighted by molar-refractivity contribution is 7.99. The van der Waals surface area contributed by atoms with Crippen LogP contribution in [0.15, 0.2) is 58.5 Å². The minimum atomic E-state index is 0.0541. The number of pyridine rings is 1. The summed E-state index contributed by atoms with van der Waals surface area (Å²) in [6.45, 7) is 0. The number of benzene rings is 2. The molecule has 0 aliphatic rings. The Bertz CT molecular complexity index is 1080. The van der Waals surface area contributed by atoms with E-state index in [9.17, 15) is 10.5 Å². The second-order valence-corrected chi connectivity index (χ2v) is 6.77. The summed E-state index contributed by atoms with van der Waals surface area (Å²) in [5, 5.41) is 20.2. The van der Waals surface area contributed by atoms with E-state index in [1.165, 1.54) is 11.8 Å².